The number of nitriles is 1. The second-order valence-corrected chi connectivity index (χ2v) is 9.02. The summed E-state index contributed by atoms with van der Waals surface area (Å²) in [5, 5.41) is 23.2. The molecule has 8 heteroatoms. The quantitative estimate of drug-likeness (QED) is 0.621. The maximum atomic E-state index is 12.8. The summed E-state index contributed by atoms with van der Waals surface area (Å²) in [6.45, 7) is 2.23. The molecule has 0 bridgehead atoms. The molecule has 2 saturated carbocycles. The van der Waals surface area contributed by atoms with Gasteiger partial charge in [0, 0.05) is 31.8 Å². The normalized spacial score (nSPS) is 19.8. The van der Waals surface area contributed by atoms with Gasteiger partial charge in [0.1, 0.15) is 5.41 Å². The molecule has 1 aromatic carbocycles. The van der Waals surface area contributed by atoms with Crippen LogP contribution in [0.3, 0.4) is 0 Å². The lowest BCUT2D eigenvalue weighted by Gasteiger charge is -2.42. The van der Waals surface area contributed by atoms with E-state index in [0.717, 1.165) is 18.4 Å². The number of hydrogen-bond acceptors (Lipinski definition) is 5. The van der Waals surface area contributed by atoms with E-state index in [1.165, 1.54) is 12.0 Å². The van der Waals surface area contributed by atoms with E-state index in [9.17, 15) is 20.0 Å². The van der Waals surface area contributed by atoms with Crippen LogP contribution in [-0.4, -0.2) is 54.2 Å². The molecule has 2 aliphatic rings. The van der Waals surface area contributed by atoms with E-state index in [1.807, 2.05) is 6.07 Å². The van der Waals surface area contributed by atoms with Crippen LogP contribution in [0.1, 0.15) is 38.2 Å². The number of amides is 2. The van der Waals surface area contributed by atoms with Crippen molar-refractivity contribution < 1.29 is 19.4 Å². The molecule has 7 nitrogen and oxygen atoms in total. The maximum Gasteiger partial charge on any atom is 0.254 e. The Morgan fingerprint density at radius 1 is 1.40 bits per heavy atom. The molecule has 0 aliphatic heterocycles. The average molecular weight is 434 g/mol. The van der Waals surface area contributed by atoms with Gasteiger partial charge < -0.3 is 20.1 Å². The first-order valence-electron chi connectivity index (χ1n) is 10.2. The summed E-state index contributed by atoms with van der Waals surface area (Å²) in [6, 6.07) is 9.31. The number of halogens is 1. The molecule has 1 spiro atoms. The average Bonchev–Trinajstić information content (AvgIpc) is 3.50. The minimum atomic E-state index is -1.32. The highest BCUT2D eigenvalue weighted by molar-refractivity contribution is 6.30. The fraction of sp³-hybridized carbons (Fsp3) is 0.591. The zero-order chi connectivity index (χ0) is 21.9. The van der Waals surface area contributed by atoms with Crippen molar-refractivity contribution >= 4 is 23.4 Å². The predicted molar refractivity (Wildman–Crippen MR) is 111 cm³/mol. The fourth-order valence-electron chi connectivity index (χ4n) is 4.16. The van der Waals surface area contributed by atoms with Crippen molar-refractivity contribution in [1.29, 1.82) is 5.26 Å². The molecule has 3 rings (SSSR count). The summed E-state index contributed by atoms with van der Waals surface area (Å²) < 4.78 is 5.08. The number of carbonyl (C=O) groups excluding carboxylic acids is 2. The van der Waals surface area contributed by atoms with Crippen LogP contribution < -0.4 is 5.32 Å². The van der Waals surface area contributed by atoms with Crippen molar-refractivity contribution in [2.24, 2.45) is 10.8 Å². The summed E-state index contributed by atoms with van der Waals surface area (Å²) in [7, 11) is 1.43. The Hall–Kier alpha value is -2.14. The van der Waals surface area contributed by atoms with Crippen LogP contribution in [0, 0.1) is 22.2 Å². The third-order valence-electron chi connectivity index (χ3n) is 6.27. The number of aliphatic hydroxyl groups is 1. The molecule has 2 atom stereocenters. The minimum absolute atomic E-state index is 0.190. The van der Waals surface area contributed by atoms with Crippen LogP contribution in [0.25, 0.3) is 0 Å². The standard InChI is InChI=1S/C22H28ClN3O4/c1-15(30-2)18(27)19(28)26(11-16-4-3-5-17(23)10-16)9-8-25-20(29)22(14-24)12-21(13-22)6-7-21/h3-5,10,15,18,27H,6-9,11-13H2,1-2H3,(H,25,29). The van der Waals surface area contributed by atoms with Gasteiger partial charge in [0.25, 0.3) is 5.91 Å². The van der Waals surface area contributed by atoms with E-state index in [-0.39, 0.29) is 31.0 Å². The number of hydrogen-bond donors (Lipinski definition) is 2. The Kier molecular flexibility index (Phi) is 6.71. The molecule has 2 unspecified atom stereocenters. The number of rotatable bonds is 9. The molecular weight excluding hydrogens is 406 g/mol. The van der Waals surface area contributed by atoms with Crippen LogP contribution in [0.15, 0.2) is 24.3 Å². The van der Waals surface area contributed by atoms with Gasteiger partial charge in [-0.1, -0.05) is 23.7 Å². The highest BCUT2D eigenvalue weighted by Crippen LogP contribution is 2.68. The topological polar surface area (TPSA) is 103 Å². The summed E-state index contributed by atoms with van der Waals surface area (Å²) in [5.41, 5.74) is 0.0901. The van der Waals surface area contributed by atoms with Crippen LogP contribution in [0.4, 0.5) is 0 Å². The van der Waals surface area contributed by atoms with Gasteiger partial charge in [-0.15, -0.1) is 0 Å². The third-order valence-corrected chi connectivity index (χ3v) is 6.51. The van der Waals surface area contributed by atoms with Crippen LogP contribution in [0.5, 0.6) is 0 Å². The largest absolute Gasteiger partial charge is 0.381 e. The summed E-state index contributed by atoms with van der Waals surface area (Å²) in [5.74, 6) is -0.766. The monoisotopic (exact) mass is 433 g/mol. The number of aliphatic hydroxyl groups excluding tert-OH is 1. The van der Waals surface area contributed by atoms with E-state index in [1.54, 1.807) is 25.1 Å². The van der Waals surface area contributed by atoms with Crippen molar-refractivity contribution in [3.05, 3.63) is 34.9 Å². The van der Waals surface area contributed by atoms with Gasteiger partial charge in [-0.3, -0.25) is 9.59 Å². The van der Waals surface area contributed by atoms with E-state index in [4.69, 9.17) is 16.3 Å². The van der Waals surface area contributed by atoms with E-state index in [0.29, 0.717) is 17.9 Å². The molecule has 0 radical (unpaired) electrons. The number of carbonyl (C=O) groups is 2. The second-order valence-electron chi connectivity index (χ2n) is 8.58. The second kappa shape index (κ2) is 8.93. The summed E-state index contributed by atoms with van der Waals surface area (Å²) in [4.78, 5) is 26.9. The molecule has 1 aromatic rings. The highest BCUT2D eigenvalue weighted by atomic mass is 35.5. The van der Waals surface area contributed by atoms with Crippen molar-refractivity contribution in [2.45, 2.75) is 51.4 Å². The minimum Gasteiger partial charge on any atom is -0.381 e. The third kappa shape index (κ3) is 4.77. The van der Waals surface area contributed by atoms with Crippen LogP contribution in [-0.2, 0) is 20.9 Å². The SMILES string of the molecule is COC(C)C(O)C(=O)N(CCNC(=O)C1(C#N)CC2(CC2)C1)Cc1cccc(Cl)c1. The lowest BCUT2D eigenvalue weighted by atomic mass is 9.60. The molecule has 0 heterocycles. The molecule has 2 amide bonds. The van der Waals surface area contributed by atoms with Gasteiger partial charge in [0.15, 0.2) is 6.10 Å². The Labute approximate surface area is 181 Å². The van der Waals surface area contributed by atoms with Crippen LogP contribution >= 0.6 is 11.6 Å². The van der Waals surface area contributed by atoms with Crippen molar-refractivity contribution in [1.82, 2.24) is 10.2 Å². The Bertz CT molecular complexity index is 841. The smallest absolute Gasteiger partial charge is 0.254 e. The van der Waals surface area contributed by atoms with Gasteiger partial charge in [0.05, 0.1) is 12.2 Å². The molecule has 0 aromatic heterocycles. The Balaban J connectivity index is 1.62. The van der Waals surface area contributed by atoms with Crippen LogP contribution in [0.2, 0.25) is 5.02 Å². The summed E-state index contributed by atoms with van der Waals surface area (Å²) in [6.07, 6.45) is 1.45. The Morgan fingerprint density at radius 3 is 2.67 bits per heavy atom. The molecule has 0 saturated heterocycles. The van der Waals surface area contributed by atoms with Crippen molar-refractivity contribution in [3.63, 3.8) is 0 Å². The van der Waals surface area contributed by atoms with Gasteiger partial charge in [-0.05, 0) is 55.7 Å². The molecule has 162 valence electrons. The van der Waals surface area contributed by atoms with E-state index < -0.39 is 23.5 Å². The van der Waals surface area contributed by atoms with Gasteiger partial charge in [-0.25, -0.2) is 0 Å². The van der Waals surface area contributed by atoms with Crippen molar-refractivity contribution in [2.75, 3.05) is 20.2 Å². The summed E-state index contributed by atoms with van der Waals surface area (Å²) >= 11 is 6.05. The predicted octanol–water partition coefficient (Wildman–Crippen LogP) is 2.26. The Morgan fingerprint density at radius 2 is 2.10 bits per heavy atom. The molecule has 2 aliphatic carbocycles. The van der Waals surface area contributed by atoms with Gasteiger partial charge in [0.2, 0.25) is 5.91 Å². The number of ether oxygens (including phenoxy) is 1. The first-order valence-corrected chi connectivity index (χ1v) is 10.6. The highest BCUT2D eigenvalue weighted by Gasteiger charge is 2.64. The number of methoxy groups -OCH3 is 1. The lowest BCUT2D eigenvalue weighted by molar-refractivity contribution is -0.148. The lowest BCUT2D eigenvalue weighted by Crippen LogP contribution is -2.52. The fourth-order valence-corrected chi connectivity index (χ4v) is 4.38. The molecule has 2 N–H and O–H groups in total. The number of nitrogens with zero attached hydrogens (tertiary/aromatic N) is 2. The number of nitrogens with one attached hydrogen (secondary N) is 1. The van der Waals surface area contributed by atoms with E-state index >= 15 is 0 Å². The zero-order valence-corrected chi connectivity index (χ0v) is 18.1. The first kappa shape index (κ1) is 22.5. The van der Waals surface area contributed by atoms with Crippen molar-refractivity contribution in [3.8, 4) is 6.07 Å². The number of benzene rings is 1. The molecule has 30 heavy (non-hydrogen) atoms. The van der Waals surface area contributed by atoms with E-state index in [2.05, 4.69) is 11.4 Å². The van der Waals surface area contributed by atoms with Gasteiger partial charge in [-0.2, -0.15) is 5.26 Å². The van der Waals surface area contributed by atoms with Gasteiger partial charge >= 0.3 is 0 Å². The zero-order valence-electron chi connectivity index (χ0n) is 17.4. The maximum absolute atomic E-state index is 12.8. The molecule has 2 fully saturated rings. The first-order chi connectivity index (χ1) is 14.2. The molecular formula is C22H28ClN3O4.